The number of amides is 1. The van der Waals surface area contributed by atoms with Gasteiger partial charge in [0.15, 0.2) is 5.76 Å². The lowest BCUT2D eigenvalue weighted by Crippen LogP contribution is -2.31. The van der Waals surface area contributed by atoms with Gasteiger partial charge in [-0.05, 0) is 44.6 Å². The quantitative estimate of drug-likeness (QED) is 0.867. The van der Waals surface area contributed by atoms with Crippen LogP contribution in [-0.4, -0.2) is 26.0 Å². The van der Waals surface area contributed by atoms with E-state index in [1.165, 1.54) is 0 Å². The van der Waals surface area contributed by atoms with Crippen LogP contribution in [0.5, 0.6) is 0 Å². The van der Waals surface area contributed by atoms with Crippen molar-refractivity contribution in [2.75, 3.05) is 20.1 Å². The molecule has 0 saturated heterocycles. The summed E-state index contributed by atoms with van der Waals surface area (Å²) in [5, 5.41) is 6.94. The van der Waals surface area contributed by atoms with Gasteiger partial charge in [-0.25, -0.2) is 0 Å². The van der Waals surface area contributed by atoms with E-state index < -0.39 is 0 Å². The molecule has 0 radical (unpaired) electrons. The minimum absolute atomic E-state index is 0.156. The highest BCUT2D eigenvalue weighted by Crippen LogP contribution is 2.20. The molecular weight excluding hydrogens is 240 g/mol. The Morgan fingerprint density at radius 1 is 1.32 bits per heavy atom. The summed E-state index contributed by atoms with van der Waals surface area (Å²) in [6, 6.07) is 7.67. The lowest BCUT2D eigenvalue weighted by molar-refractivity contribution is 0.0922. The molecule has 4 nitrogen and oxygen atoms in total. The van der Waals surface area contributed by atoms with Gasteiger partial charge in [-0.15, -0.1) is 0 Å². The third-order valence-corrected chi connectivity index (χ3v) is 3.06. The van der Waals surface area contributed by atoms with E-state index in [-0.39, 0.29) is 5.91 Å². The topological polar surface area (TPSA) is 54.3 Å². The zero-order valence-corrected chi connectivity index (χ0v) is 11.6. The van der Waals surface area contributed by atoms with Crippen molar-refractivity contribution in [2.45, 2.75) is 13.8 Å². The van der Waals surface area contributed by atoms with Crippen molar-refractivity contribution < 1.29 is 9.21 Å². The Morgan fingerprint density at radius 3 is 2.84 bits per heavy atom. The summed E-state index contributed by atoms with van der Waals surface area (Å²) in [5.41, 5.74) is 1.90. The molecule has 0 fully saturated rings. The fourth-order valence-corrected chi connectivity index (χ4v) is 2.05. The smallest absolute Gasteiger partial charge is 0.287 e. The van der Waals surface area contributed by atoms with E-state index in [9.17, 15) is 4.79 Å². The Morgan fingerprint density at radius 2 is 2.11 bits per heavy atom. The van der Waals surface area contributed by atoms with Crippen LogP contribution in [0.1, 0.15) is 23.0 Å². The number of aryl methyl sites for hydroxylation is 1. The molecule has 0 aliphatic rings. The van der Waals surface area contributed by atoms with Gasteiger partial charge in [0, 0.05) is 11.9 Å². The highest BCUT2D eigenvalue weighted by Gasteiger charge is 2.12. The zero-order valence-electron chi connectivity index (χ0n) is 11.6. The van der Waals surface area contributed by atoms with E-state index in [1.54, 1.807) is 6.07 Å². The highest BCUT2D eigenvalue weighted by molar-refractivity contribution is 5.96. The highest BCUT2D eigenvalue weighted by atomic mass is 16.3. The summed E-state index contributed by atoms with van der Waals surface area (Å²) in [6.45, 7) is 5.61. The molecule has 0 bridgehead atoms. The predicted molar refractivity (Wildman–Crippen MR) is 76.4 cm³/mol. The number of hydrogen-bond acceptors (Lipinski definition) is 3. The number of carbonyl (C=O) groups excluding carboxylic acids is 1. The second-order valence-corrected chi connectivity index (χ2v) is 5.02. The molecule has 2 rings (SSSR count). The van der Waals surface area contributed by atoms with E-state index in [1.807, 2.05) is 32.2 Å². The first-order valence-corrected chi connectivity index (χ1v) is 6.53. The summed E-state index contributed by atoms with van der Waals surface area (Å²) in [7, 11) is 1.90. The summed E-state index contributed by atoms with van der Waals surface area (Å²) < 4.78 is 5.55. The SMILES string of the molecule is CNCC(C)CNC(=O)c1cc2cc(C)ccc2o1. The minimum atomic E-state index is -0.156. The van der Waals surface area contributed by atoms with E-state index >= 15 is 0 Å². The Hall–Kier alpha value is -1.81. The van der Waals surface area contributed by atoms with Crippen LogP contribution in [0, 0.1) is 12.8 Å². The van der Waals surface area contributed by atoms with Crippen LogP contribution in [0.15, 0.2) is 28.7 Å². The summed E-state index contributed by atoms with van der Waals surface area (Å²) in [4.78, 5) is 12.0. The van der Waals surface area contributed by atoms with E-state index in [0.717, 1.165) is 23.1 Å². The van der Waals surface area contributed by atoms with E-state index in [0.29, 0.717) is 18.2 Å². The van der Waals surface area contributed by atoms with Gasteiger partial charge < -0.3 is 15.1 Å². The summed E-state index contributed by atoms with van der Waals surface area (Å²) in [6.07, 6.45) is 0. The first kappa shape index (κ1) is 13.6. The van der Waals surface area contributed by atoms with Gasteiger partial charge in [-0.3, -0.25) is 4.79 Å². The van der Waals surface area contributed by atoms with E-state index in [2.05, 4.69) is 17.6 Å². The van der Waals surface area contributed by atoms with Crippen LogP contribution >= 0.6 is 0 Å². The average Bonchev–Trinajstić information content (AvgIpc) is 2.79. The van der Waals surface area contributed by atoms with Crippen LogP contribution in [0.2, 0.25) is 0 Å². The number of benzene rings is 1. The molecule has 1 unspecified atom stereocenters. The molecule has 0 aliphatic heterocycles. The van der Waals surface area contributed by atoms with Crippen molar-refractivity contribution in [3.05, 3.63) is 35.6 Å². The summed E-state index contributed by atoms with van der Waals surface area (Å²) >= 11 is 0. The standard InChI is InChI=1S/C15H20N2O2/c1-10-4-5-13-12(6-10)7-14(19-13)15(18)17-9-11(2)8-16-3/h4-7,11,16H,8-9H2,1-3H3,(H,17,18). The predicted octanol–water partition coefficient (Wildman–Crippen LogP) is 2.33. The van der Waals surface area contributed by atoms with Gasteiger partial charge in [-0.1, -0.05) is 18.6 Å². The van der Waals surface area contributed by atoms with Crippen molar-refractivity contribution in [3.8, 4) is 0 Å². The molecule has 1 aromatic carbocycles. The van der Waals surface area contributed by atoms with Crippen LogP contribution in [0.3, 0.4) is 0 Å². The number of furan rings is 1. The maximum atomic E-state index is 12.0. The number of nitrogens with one attached hydrogen (secondary N) is 2. The Balaban J connectivity index is 2.05. The molecule has 0 aliphatic carbocycles. The number of hydrogen-bond donors (Lipinski definition) is 2. The van der Waals surface area contributed by atoms with Gasteiger partial charge in [-0.2, -0.15) is 0 Å². The van der Waals surface area contributed by atoms with Crippen molar-refractivity contribution in [1.82, 2.24) is 10.6 Å². The molecule has 1 atom stereocenters. The van der Waals surface area contributed by atoms with Gasteiger partial charge in [0.05, 0.1) is 0 Å². The van der Waals surface area contributed by atoms with E-state index in [4.69, 9.17) is 4.42 Å². The molecule has 102 valence electrons. The summed E-state index contributed by atoms with van der Waals surface area (Å²) in [5.74, 6) is 0.606. The first-order chi connectivity index (χ1) is 9.10. The molecule has 4 heteroatoms. The lowest BCUT2D eigenvalue weighted by atomic mass is 10.1. The molecule has 1 amide bonds. The zero-order chi connectivity index (χ0) is 13.8. The molecule has 0 spiro atoms. The van der Waals surface area contributed by atoms with Gasteiger partial charge in [0.2, 0.25) is 0 Å². The van der Waals surface area contributed by atoms with Crippen LogP contribution < -0.4 is 10.6 Å². The maximum absolute atomic E-state index is 12.0. The van der Waals surface area contributed by atoms with Crippen LogP contribution in [0.25, 0.3) is 11.0 Å². The molecule has 0 saturated carbocycles. The van der Waals surface area contributed by atoms with Crippen LogP contribution in [0.4, 0.5) is 0 Å². The lowest BCUT2D eigenvalue weighted by Gasteiger charge is -2.10. The molecular formula is C15H20N2O2. The fraction of sp³-hybridized carbons (Fsp3) is 0.400. The molecule has 1 heterocycles. The third-order valence-electron chi connectivity index (χ3n) is 3.06. The third kappa shape index (κ3) is 3.35. The van der Waals surface area contributed by atoms with Crippen molar-refractivity contribution >= 4 is 16.9 Å². The second kappa shape index (κ2) is 5.89. The molecule has 1 aromatic heterocycles. The average molecular weight is 260 g/mol. The number of carbonyl (C=O) groups is 1. The fourth-order valence-electron chi connectivity index (χ4n) is 2.05. The number of fused-ring (bicyclic) bond motifs is 1. The normalized spacial score (nSPS) is 12.6. The Bertz CT molecular complexity index is 575. The van der Waals surface area contributed by atoms with Gasteiger partial charge >= 0.3 is 0 Å². The van der Waals surface area contributed by atoms with Gasteiger partial charge in [0.1, 0.15) is 5.58 Å². The molecule has 2 aromatic rings. The first-order valence-electron chi connectivity index (χ1n) is 6.53. The van der Waals surface area contributed by atoms with Crippen molar-refractivity contribution in [3.63, 3.8) is 0 Å². The molecule has 19 heavy (non-hydrogen) atoms. The minimum Gasteiger partial charge on any atom is -0.451 e. The Labute approximate surface area is 113 Å². The maximum Gasteiger partial charge on any atom is 0.287 e. The molecule has 2 N–H and O–H groups in total. The number of rotatable bonds is 5. The largest absolute Gasteiger partial charge is 0.451 e. The van der Waals surface area contributed by atoms with Crippen molar-refractivity contribution in [1.29, 1.82) is 0 Å². The monoisotopic (exact) mass is 260 g/mol. The second-order valence-electron chi connectivity index (χ2n) is 5.02. The van der Waals surface area contributed by atoms with Crippen molar-refractivity contribution in [2.24, 2.45) is 5.92 Å². The van der Waals surface area contributed by atoms with Gasteiger partial charge in [0.25, 0.3) is 5.91 Å². The van der Waals surface area contributed by atoms with Crippen LogP contribution in [-0.2, 0) is 0 Å². The Kier molecular flexibility index (Phi) is 4.22.